The standard InChI is InChI=1S/C14H8ClNO2/c15-7-1-3-9-11(5-7)13(17)10-4-2-8(16)6-12(10)14(9)18/h1-6H,16H2. The van der Waals surface area contributed by atoms with Gasteiger partial charge in [0.2, 0.25) is 0 Å². The summed E-state index contributed by atoms with van der Waals surface area (Å²) in [6.07, 6.45) is 0. The Morgan fingerprint density at radius 1 is 0.778 bits per heavy atom. The quantitative estimate of drug-likeness (QED) is 0.630. The number of nitrogen functional groups attached to an aromatic ring is 1. The van der Waals surface area contributed by atoms with Gasteiger partial charge < -0.3 is 5.73 Å². The number of hydrogen-bond acceptors (Lipinski definition) is 3. The van der Waals surface area contributed by atoms with Gasteiger partial charge in [-0.2, -0.15) is 0 Å². The summed E-state index contributed by atoms with van der Waals surface area (Å²) in [5.74, 6) is -0.384. The summed E-state index contributed by atoms with van der Waals surface area (Å²) in [5, 5.41) is 0.439. The fourth-order valence-corrected chi connectivity index (χ4v) is 2.31. The molecule has 18 heavy (non-hydrogen) atoms. The summed E-state index contributed by atoms with van der Waals surface area (Å²) in [6, 6.07) is 9.42. The Morgan fingerprint density at radius 2 is 1.33 bits per heavy atom. The first-order valence-corrected chi connectivity index (χ1v) is 5.74. The molecule has 0 bridgehead atoms. The van der Waals surface area contributed by atoms with Crippen LogP contribution in [0.15, 0.2) is 36.4 Å². The molecule has 0 radical (unpaired) electrons. The maximum atomic E-state index is 12.3. The van der Waals surface area contributed by atoms with Crippen LogP contribution in [0, 0.1) is 0 Å². The maximum Gasteiger partial charge on any atom is 0.194 e. The van der Waals surface area contributed by atoms with Crippen LogP contribution in [0.4, 0.5) is 5.69 Å². The number of carbonyl (C=O) groups is 2. The lowest BCUT2D eigenvalue weighted by molar-refractivity contribution is 0.0979. The van der Waals surface area contributed by atoms with Crippen molar-refractivity contribution >= 4 is 28.9 Å². The second-order valence-electron chi connectivity index (χ2n) is 4.15. The zero-order valence-electron chi connectivity index (χ0n) is 9.24. The van der Waals surface area contributed by atoms with Gasteiger partial charge in [0, 0.05) is 33.0 Å². The van der Waals surface area contributed by atoms with Gasteiger partial charge in [-0.25, -0.2) is 0 Å². The lowest BCUT2D eigenvalue weighted by Gasteiger charge is -2.17. The summed E-state index contributed by atoms with van der Waals surface area (Å²) in [7, 11) is 0. The number of hydrogen-bond donors (Lipinski definition) is 1. The monoisotopic (exact) mass is 257 g/mol. The molecular formula is C14H8ClNO2. The molecule has 88 valence electrons. The molecule has 2 aromatic carbocycles. The van der Waals surface area contributed by atoms with Gasteiger partial charge in [0.1, 0.15) is 0 Å². The fraction of sp³-hybridized carbons (Fsp3) is 0. The Hall–Kier alpha value is -2.13. The number of ketones is 2. The Kier molecular flexibility index (Phi) is 2.25. The van der Waals surface area contributed by atoms with Crippen molar-refractivity contribution in [1.29, 1.82) is 0 Å². The molecule has 3 nitrogen and oxygen atoms in total. The van der Waals surface area contributed by atoms with E-state index in [0.717, 1.165) is 0 Å². The van der Waals surface area contributed by atoms with E-state index >= 15 is 0 Å². The van der Waals surface area contributed by atoms with Crippen molar-refractivity contribution in [3.8, 4) is 0 Å². The topological polar surface area (TPSA) is 60.2 Å². The van der Waals surface area contributed by atoms with Crippen molar-refractivity contribution in [2.45, 2.75) is 0 Å². The molecule has 0 atom stereocenters. The maximum absolute atomic E-state index is 12.3. The SMILES string of the molecule is Nc1ccc2c(c1)C(=O)c1ccc(Cl)cc1C2=O. The van der Waals surface area contributed by atoms with Crippen LogP contribution >= 0.6 is 11.6 Å². The number of benzene rings is 2. The van der Waals surface area contributed by atoms with Crippen LogP contribution in [0.5, 0.6) is 0 Å². The minimum Gasteiger partial charge on any atom is -0.399 e. The van der Waals surface area contributed by atoms with E-state index in [2.05, 4.69) is 0 Å². The summed E-state index contributed by atoms with van der Waals surface area (Å²) < 4.78 is 0. The molecule has 0 unspecified atom stereocenters. The van der Waals surface area contributed by atoms with Gasteiger partial charge in [0.25, 0.3) is 0 Å². The average Bonchev–Trinajstić information content (AvgIpc) is 2.36. The molecule has 0 aliphatic heterocycles. The molecule has 0 aromatic heterocycles. The first-order valence-electron chi connectivity index (χ1n) is 5.36. The van der Waals surface area contributed by atoms with E-state index in [-0.39, 0.29) is 11.6 Å². The second kappa shape index (κ2) is 3.68. The van der Waals surface area contributed by atoms with Gasteiger partial charge in [-0.15, -0.1) is 0 Å². The van der Waals surface area contributed by atoms with Crippen molar-refractivity contribution in [3.05, 3.63) is 63.7 Å². The number of anilines is 1. The fourth-order valence-electron chi connectivity index (χ4n) is 2.14. The molecule has 1 aliphatic carbocycles. The Labute approximate surface area is 108 Å². The van der Waals surface area contributed by atoms with Crippen LogP contribution in [0.25, 0.3) is 0 Å². The van der Waals surface area contributed by atoms with E-state index in [1.165, 1.54) is 12.1 Å². The number of carbonyl (C=O) groups excluding carboxylic acids is 2. The molecule has 4 heteroatoms. The lowest BCUT2D eigenvalue weighted by atomic mass is 9.84. The van der Waals surface area contributed by atoms with Gasteiger partial charge in [-0.1, -0.05) is 11.6 Å². The number of halogens is 1. The predicted octanol–water partition coefficient (Wildman–Crippen LogP) is 2.70. The summed E-state index contributed by atoms with van der Waals surface area (Å²) in [4.78, 5) is 24.5. The Bertz CT molecular complexity index is 645. The summed E-state index contributed by atoms with van der Waals surface area (Å²) in [6.45, 7) is 0. The highest BCUT2D eigenvalue weighted by Gasteiger charge is 2.29. The zero-order chi connectivity index (χ0) is 12.9. The molecule has 2 N–H and O–H groups in total. The molecule has 0 amide bonds. The van der Waals surface area contributed by atoms with Crippen LogP contribution in [0.1, 0.15) is 31.8 Å². The third kappa shape index (κ3) is 1.45. The van der Waals surface area contributed by atoms with Crippen molar-refractivity contribution in [2.75, 3.05) is 5.73 Å². The largest absolute Gasteiger partial charge is 0.399 e. The first kappa shape index (κ1) is 11.0. The number of nitrogens with two attached hydrogens (primary N) is 1. The van der Waals surface area contributed by atoms with Gasteiger partial charge in [0.15, 0.2) is 11.6 Å². The van der Waals surface area contributed by atoms with E-state index in [0.29, 0.717) is 33.0 Å². The minimum absolute atomic E-state index is 0.191. The van der Waals surface area contributed by atoms with Crippen LogP contribution < -0.4 is 5.73 Å². The Morgan fingerprint density at radius 3 is 2.00 bits per heavy atom. The molecule has 0 fully saturated rings. The van der Waals surface area contributed by atoms with E-state index < -0.39 is 0 Å². The van der Waals surface area contributed by atoms with Gasteiger partial charge in [-0.05, 0) is 36.4 Å². The second-order valence-corrected chi connectivity index (χ2v) is 4.59. The molecule has 0 saturated heterocycles. The van der Waals surface area contributed by atoms with Crippen molar-refractivity contribution < 1.29 is 9.59 Å². The molecule has 2 aromatic rings. The van der Waals surface area contributed by atoms with Crippen LogP contribution in [0.2, 0.25) is 5.02 Å². The third-order valence-electron chi connectivity index (χ3n) is 3.00. The summed E-state index contributed by atoms with van der Waals surface area (Å²) in [5.41, 5.74) is 7.58. The van der Waals surface area contributed by atoms with E-state index in [1.807, 2.05) is 0 Å². The highest BCUT2D eigenvalue weighted by molar-refractivity contribution is 6.33. The Balaban J connectivity index is 2.31. The van der Waals surface area contributed by atoms with Crippen LogP contribution in [-0.2, 0) is 0 Å². The van der Waals surface area contributed by atoms with E-state index in [4.69, 9.17) is 17.3 Å². The predicted molar refractivity (Wildman–Crippen MR) is 69.2 cm³/mol. The molecule has 0 saturated carbocycles. The summed E-state index contributed by atoms with van der Waals surface area (Å²) >= 11 is 5.86. The van der Waals surface area contributed by atoms with Crippen molar-refractivity contribution in [1.82, 2.24) is 0 Å². The first-order chi connectivity index (χ1) is 8.58. The van der Waals surface area contributed by atoms with E-state index in [1.54, 1.807) is 24.3 Å². The molecule has 1 aliphatic rings. The van der Waals surface area contributed by atoms with Crippen molar-refractivity contribution in [3.63, 3.8) is 0 Å². The smallest absolute Gasteiger partial charge is 0.194 e. The van der Waals surface area contributed by atoms with Crippen LogP contribution in [0.3, 0.4) is 0 Å². The van der Waals surface area contributed by atoms with Gasteiger partial charge in [-0.3, -0.25) is 9.59 Å². The third-order valence-corrected chi connectivity index (χ3v) is 3.24. The zero-order valence-corrected chi connectivity index (χ0v) is 9.99. The van der Waals surface area contributed by atoms with Gasteiger partial charge in [0.05, 0.1) is 0 Å². The molecular weight excluding hydrogens is 250 g/mol. The molecule has 0 spiro atoms. The van der Waals surface area contributed by atoms with Crippen molar-refractivity contribution in [2.24, 2.45) is 0 Å². The average molecular weight is 258 g/mol. The lowest BCUT2D eigenvalue weighted by Crippen LogP contribution is -2.21. The number of fused-ring (bicyclic) bond motifs is 2. The molecule has 0 heterocycles. The molecule has 3 rings (SSSR count). The minimum atomic E-state index is -0.192. The number of rotatable bonds is 0. The normalized spacial score (nSPS) is 13.2. The van der Waals surface area contributed by atoms with Gasteiger partial charge >= 0.3 is 0 Å². The highest BCUT2D eigenvalue weighted by Crippen LogP contribution is 2.30. The van der Waals surface area contributed by atoms with Crippen LogP contribution in [-0.4, -0.2) is 11.6 Å². The van der Waals surface area contributed by atoms with E-state index in [9.17, 15) is 9.59 Å². The highest BCUT2D eigenvalue weighted by atomic mass is 35.5.